The van der Waals surface area contributed by atoms with Crippen molar-refractivity contribution in [1.82, 2.24) is 9.88 Å². The van der Waals surface area contributed by atoms with Gasteiger partial charge in [-0.15, -0.1) is 0 Å². The Hall–Kier alpha value is -1.78. The van der Waals surface area contributed by atoms with E-state index >= 15 is 0 Å². The van der Waals surface area contributed by atoms with Gasteiger partial charge in [0.05, 0.1) is 7.11 Å². The van der Waals surface area contributed by atoms with E-state index in [-0.39, 0.29) is 6.09 Å². The predicted molar refractivity (Wildman–Crippen MR) is 80.4 cm³/mol. The minimum absolute atomic E-state index is 0.219. The number of aromatic nitrogens is 1. The molecule has 5 heteroatoms. The van der Waals surface area contributed by atoms with Gasteiger partial charge in [0.15, 0.2) is 0 Å². The zero-order valence-electron chi connectivity index (χ0n) is 13.3. The Morgan fingerprint density at radius 1 is 1.43 bits per heavy atom. The highest BCUT2D eigenvalue weighted by molar-refractivity contribution is 5.68. The Morgan fingerprint density at radius 3 is 2.86 bits per heavy atom. The molecule has 1 amide bonds. The molecule has 0 spiro atoms. The lowest BCUT2D eigenvalue weighted by molar-refractivity contribution is 0.0288. The highest BCUT2D eigenvalue weighted by Gasteiger charge is 2.29. The van der Waals surface area contributed by atoms with Crippen LogP contribution in [0.25, 0.3) is 0 Å². The molecule has 1 aliphatic heterocycles. The van der Waals surface area contributed by atoms with Crippen LogP contribution in [-0.2, 0) is 11.2 Å². The van der Waals surface area contributed by atoms with E-state index in [1.54, 1.807) is 12.0 Å². The monoisotopic (exact) mass is 292 g/mol. The fourth-order valence-electron chi connectivity index (χ4n) is 2.47. The van der Waals surface area contributed by atoms with Crippen LogP contribution in [0.15, 0.2) is 18.2 Å². The topological polar surface area (TPSA) is 51.7 Å². The molecule has 1 fully saturated rings. The third-order valence-electron chi connectivity index (χ3n) is 3.43. The molecule has 0 N–H and O–H groups in total. The highest BCUT2D eigenvalue weighted by Crippen LogP contribution is 2.23. The van der Waals surface area contributed by atoms with Gasteiger partial charge in [-0.05, 0) is 45.6 Å². The molecule has 116 valence electrons. The van der Waals surface area contributed by atoms with Crippen LogP contribution >= 0.6 is 0 Å². The standard InChI is InChI=1S/C16H24N2O3/c1-16(2,3)21-15(19)18-9-8-12(11-18)10-13-6-5-7-14(17-13)20-4/h5-7,12H,8-11H2,1-4H3/t12-/m1/s1. The summed E-state index contributed by atoms with van der Waals surface area (Å²) in [6.07, 6.45) is 1.62. The number of hydrogen-bond acceptors (Lipinski definition) is 4. The first-order chi connectivity index (χ1) is 9.87. The van der Waals surface area contributed by atoms with Crippen LogP contribution < -0.4 is 4.74 Å². The number of likely N-dealkylation sites (tertiary alicyclic amines) is 1. The Kier molecular flexibility index (Phi) is 4.70. The van der Waals surface area contributed by atoms with Crippen molar-refractivity contribution in [2.24, 2.45) is 5.92 Å². The number of nitrogens with zero attached hydrogens (tertiary/aromatic N) is 2. The molecule has 5 nitrogen and oxygen atoms in total. The van der Waals surface area contributed by atoms with Crippen molar-refractivity contribution in [1.29, 1.82) is 0 Å². The van der Waals surface area contributed by atoms with Crippen LogP contribution in [0.4, 0.5) is 4.79 Å². The highest BCUT2D eigenvalue weighted by atomic mass is 16.6. The SMILES string of the molecule is COc1cccc(C[C@H]2CCN(C(=O)OC(C)(C)C)C2)n1. The molecule has 1 aromatic rings. The summed E-state index contributed by atoms with van der Waals surface area (Å²) in [7, 11) is 1.62. The summed E-state index contributed by atoms with van der Waals surface area (Å²) in [6, 6.07) is 5.78. The Labute approximate surface area is 126 Å². The van der Waals surface area contributed by atoms with E-state index in [0.717, 1.165) is 31.6 Å². The van der Waals surface area contributed by atoms with Crippen LogP contribution in [-0.4, -0.2) is 41.8 Å². The average molecular weight is 292 g/mol. The summed E-state index contributed by atoms with van der Waals surface area (Å²) in [5, 5.41) is 0. The minimum Gasteiger partial charge on any atom is -0.481 e. The van der Waals surface area contributed by atoms with E-state index in [4.69, 9.17) is 9.47 Å². The third kappa shape index (κ3) is 4.62. The lowest BCUT2D eigenvalue weighted by Crippen LogP contribution is -2.35. The zero-order chi connectivity index (χ0) is 15.5. The summed E-state index contributed by atoms with van der Waals surface area (Å²) in [4.78, 5) is 18.2. The number of ether oxygens (including phenoxy) is 2. The van der Waals surface area contributed by atoms with Gasteiger partial charge in [0.25, 0.3) is 0 Å². The van der Waals surface area contributed by atoms with Gasteiger partial charge in [-0.3, -0.25) is 0 Å². The van der Waals surface area contributed by atoms with Gasteiger partial charge in [0, 0.05) is 24.8 Å². The molecule has 0 bridgehead atoms. The van der Waals surface area contributed by atoms with Gasteiger partial charge in [-0.2, -0.15) is 0 Å². The molecule has 0 saturated carbocycles. The summed E-state index contributed by atoms with van der Waals surface area (Å²) < 4.78 is 10.5. The molecule has 1 atom stereocenters. The second kappa shape index (κ2) is 6.33. The van der Waals surface area contributed by atoms with Crippen molar-refractivity contribution >= 4 is 6.09 Å². The Morgan fingerprint density at radius 2 is 2.19 bits per heavy atom. The number of hydrogen-bond donors (Lipinski definition) is 0. The summed E-state index contributed by atoms with van der Waals surface area (Å²) in [6.45, 7) is 7.15. The van der Waals surface area contributed by atoms with E-state index in [1.165, 1.54) is 0 Å². The largest absolute Gasteiger partial charge is 0.481 e. The maximum Gasteiger partial charge on any atom is 0.410 e. The maximum atomic E-state index is 12.0. The molecule has 21 heavy (non-hydrogen) atoms. The van der Waals surface area contributed by atoms with Crippen molar-refractivity contribution < 1.29 is 14.3 Å². The van der Waals surface area contributed by atoms with Crippen LogP contribution in [0.3, 0.4) is 0 Å². The van der Waals surface area contributed by atoms with E-state index in [0.29, 0.717) is 11.8 Å². The van der Waals surface area contributed by atoms with Crippen molar-refractivity contribution in [3.8, 4) is 5.88 Å². The molecule has 2 heterocycles. The maximum absolute atomic E-state index is 12.0. The summed E-state index contributed by atoms with van der Waals surface area (Å²) >= 11 is 0. The molecule has 1 aromatic heterocycles. The first kappa shape index (κ1) is 15.6. The molecule has 0 aromatic carbocycles. The van der Waals surface area contributed by atoms with E-state index < -0.39 is 5.60 Å². The van der Waals surface area contributed by atoms with Gasteiger partial charge in [0.1, 0.15) is 5.60 Å². The Balaban J connectivity index is 1.89. The Bertz CT molecular complexity index is 497. The molecular weight excluding hydrogens is 268 g/mol. The molecule has 1 aliphatic rings. The smallest absolute Gasteiger partial charge is 0.410 e. The van der Waals surface area contributed by atoms with Gasteiger partial charge in [-0.1, -0.05) is 6.07 Å². The van der Waals surface area contributed by atoms with E-state index in [2.05, 4.69) is 4.98 Å². The van der Waals surface area contributed by atoms with Gasteiger partial charge >= 0.3 is 6.09 Å². The first-order valence-electron chi connectivity index (χ1n) is 7.35. The minimum atomic E-state index is -0.441. The average Bonchev–Trinajstić information content (AvgIpc) is 2.85. The number of carbonyl (C=O) groups is 1. The van der Waals surface area contributed by atoms with Crippen molar-refractivity contribution in [3.05, 3.63) is 23.9 Å². The summed E-state index contributed by atoms with van der Waals surface area (Å²) in [5.74, 6) is 1.06. The second-order valence-electron chi connectivity index (χ2n) is 6.46. The van der Waals surface area contributed by atoms with E-state index in [1.807, 2.05) is 39.0 Å². The molecule has 0 aliphatic carbocycles. The third-order valence-corrected chi connectivity index (χ3v) is 3.43. The van der Waals surface area contributed by atoms with Gasteiger partial charge < -0.3 is 14.4 Å². The quantitative estimate of drug-likeness (QED) is 0.859. The second-order valence-corrected chi connectivity index (χ2v) is 6.46. The van der Waals surface area contributed by atoms with Gasteiger partial charge in [-0.25, -0.2) is 9.78 Å². The lowest BCUT2D eigenvalue weighted by atomic mass is 10.0. The number of amides is 1. The predicted octanol–water partition coefficient (Wildman–Crippen LogP) is 2.89. The van der Waals surface area contributed by atoms with Crippen LogP contribution in [0.5, 0.6) is 5.88 Å². The fraction of sp³-hybridized carbons (Fsp3) is 0.625. The molecule has 1 saturated heterocycles. The lowest BCUT2D eigenvalue weighted by Gasteiger charge is -2.24. The first-order valence-corrected chi connectivity index (χ1v) is 7.35. The normalized spacial score (nSPS) is 18.7. The number of rotatable bonds is 3. The van der Waals surface area contributed by atoms with Crippen LogP contribution in [0.1, 0.15) is 32.9 Å². The van der Waals surface area contributed by atoms with Crippen molar-refractivity contribution in [3.63, 3.8) is 0 Å². The molecule has 0 radical (unpaired) electrons. The molecule has 2 rings (SSSR count). The molecule has 0 unspecified atom stereocenters. The number of carbonyl (C=O) groups excluding carboxylic acids is 1. The van der Waals surface area contributed by atoms with Gasteiger partial charge in [0.2, 0.25) is 5.88 Å². The van der Waals surface area contributed by atoms with Crippen molar-refractivity contribution in [2.45, 2.75) is 39.2 Å². The molecular formula is C16H24N2O3. The number of pyridine rings is 1. The number of methoxy groups -OCH3 is 1. The fourth-order valence-corrected chi connectivity index (χ4v) is 2.47. The zero-order valence-corrected chi connectivity index (χ0v) is 13.3. The van der Waals surface area contributed by atoms with Crippen molar-refractivity contribution in [2.75, 3.05) is 20.2 Å². The van der Waals surface area contributed by atoms with Crippen LogP contribution in [0, 0.1) is 5.92 Å². The van der Waals surface area contributed by atoms with Crippen LogP contribution in [0.2, 0.25) is 0 Å². The summed E-state index contributed by atoms with van der Waals surface area (Å²) in [5.41, 5.74) is 0.564. The van der Waals surface area contributed by atoms with E-state index in [9.17, 15) is 4.79 Å².